The number of benzene rings is 1. The van der Waals surface area contributed by atoms with E-state index in [0.29, 0.717) is 17.2 Å². The average Bonchev–Trinajstić information content (AvgIpc) is 3.18. The zero-order chi connectivity index (χ0) is 15.5. The summed E-state index contributed by atoms with van der Waals surface area (Å²) in [5.74, 6) is -0.0556. The second kappa shape index (κ2) is 6.11. The maximum absolute atomic E-state index is 12.5. The maximum Gasteiger partial charge on any atom is 0.259 e. The van der Waals surface area contributed by atoms with E-state index in [0.717, 1.165) is 11.3 Å². The zero-order valence-corrected chi connectivity index (χ0v) is 13.2. The van der Waals surface area contributed by atoms with E-state index in [1.54, 1.807) is 18.1 Å². The van der Waals surface area contributed by atoms with E-state index < -0.39 is 0 Å². The monoisotopic (exact) mass is 312 g/mol. The number of rotatable bonds is 4. The smallest absolute Gasteiger partial charge is 0.259 e. The molecule has 3 aromatic rings. The van der Waals surface area contributed by atoms with Crippen LogP contribution in [0.4, 0.5) is 5.13 Å². The first kappa shape index (κ1) is 14.5. The van der Waals surface area contributed by atoms with Gasteiger partial charge in [-0.25, -0.2) is 4.98 Å². The highest BCUT2D eigenvalue weighted by molar-refractivity contribution is 7.14. The molecule has 0 aliphatic carbocycles. The zero-order valence-electron chi connectivity index (χ0n) is 12.4. The van der Waals surface area contributed by atoms with Crippen molar-refractivity contribution in [3.63, 3.8) is 0 Å². The van der Waals surface area contributed by atoms with Crippen molar-refractivity contribution >= 4 is 22.4 Å². The lowest BCUT2D eigenvalue weighted by molar-refractivity contribution is 0.0993. The molecule has 22 heavy (non-hydrogen) atoms. The molecule has 6 heteroatoms. The number of aromatic nitrogens is 3. The average molecular weight is 312 g/mol. The summed E-state index contributed by atoms with van der Waals surface area (Å²) in [6.45, 7) is 2.62. The van der Waals surface area contributed by atoms with Gasteiger partial charge < -0.3 is 0 Å². The Morgan fingerprint density at radius 1 is 1.32 bits per heavy atom. The van der Waals surface area contributed by atoms with Crippen LogP contribution in [0.5, 0.6) is 0 Å². The molecule has 3 rings (SSSR count). The van der Waals surface area contributed by atoms with E-state index in [1.165, 1.54) is 11.3 Å². The topological polar surface area (TPSA) is 51.0 Å². The third kappa shape index (κ3) is 3.07. The first-order chi connectivity index (χ1) is 10.6. The van der Waals surface area contributed by atoms with Crippen molar-refractivity contribution in [1.29, 1.82) is 0 Å². The molecule has 0 aliphatic heterocycles. The summed E-state index contributed by atoms with van der Waals surface area (Å²) in [6, 6.07) is 9.49. The van der Waals surface area contributed by atoms with Crippen LogP contribution in [0.25, 0.3) is 0 Å². The maximum atomic E-state index is 12.5. The van der Waals surface area contributed by atoms with Gasteiger partial charge in [0.1, 0.15) is 0 Å². The van der Waals surface area contributed by atoms with Gasteiger partial charge in [0, 0.05) is 30.4 Å². The Hall–Kier alpha value is -2.47. The molecule has 1 amide bonds. The van der Waals surface area contributed by atoms with Crippen molar-refractivity contribution in [3.05, 3.63) is 64.9 Å². The summed E-state index contributed by atoms with van der Waals surface area (Å²) < 4.78 is 1.85. The summed E-state index contributed by atoms with van der Waals surface area (Å²) in [4.78, 5) is 18.4. The van der Waals surface area contributed by atoms with E-state index in [1.807, 2.05) is 53.5 Å². The highest BCUT2D eigenvalue weighted by Gasteiger charge is 2.15. The highest BCUT2D eigenvalue weighted by atomic mass is 32.1. The Labute approximate surface area is 132 Å². The Bertz CT molecular complexity index is 762. The fourth-order valence-corrected chi connectivity index (χ4v) is 2.88. The summed E-state index contributed by atoms with van der Waals surface area (Å²) in [7, 11) is 1.75. The Morgan fingerprint density at radius 3 is 2.68 bits per heavy atom. The van der Waals surface area contributed by atoms with E-state index in [4.69, 9.17) is 0 Å². The molecule has 0 saturated heterocycles. The van der Waals surface area contributed by atoms with E-state index in [2.05, 4.69) is 10.1 Å². The van der Waals surface area contributed by atoms with Crippen molar-refractivity contribution in [2.75, 3.05) is 11.9 Å². The van der Waals surface area contributed by atoms with Gasteiger partial charge in [0.15, 0.2) is 5.13 Å². The van der Waals surface area contributed by atoms with Crippen LogP contribution in [-0.4, -0.2) is 27.7 Å². The fourth-order valence-electron chi connectivity index (χ4n) is 2.11. The summed E-state index contributed by atoms with van der Waals surface area (Å²) in [5, 5.41) is 6.82. The van der Waals surface area contributed by atoms with Gasteiger partial charge in [-0.1, -0.05) is 12.1 Å². The molecule has 0 radical (unpaired) electrons. The minimum Gasteiger partial charge on any atom is -0.287 e. The van der Waals surface area contributed by atoms with E-state index in [9.17, 15) is 4.79 Å². The molecule has 0 bridgehead atoms. The van der Waals surface area contributed by atoms with Crippen molar-refractivity contribution < 1.29 is 4.79 Å². The molecule has 112 valence electrons. The molecule has 0 atom stereocenters. The van der Waals surface area contributed by atoms with Gasteiger partial charge in [0.05, 0.1) is 12.2 Å². The molecule has 2 heterocycles. The van der Waals surface area contributed by atoms with Crippen LogP contribution in [0.3, 0.4) is 0 Å². The van der Waals surface area contributed by atoms with Gasteiger partial charge in [0.2, 0.25) is 0 Å². The number of aryl methyl sites for hydroxylation is 1. The number of thiazole rings is 1. The molecule has 0 spiro atoms. The predicted octanol–water partition coefficient (Wildman–Crippen LogP) is 2.97. The largest absolute Gasteiger partial charge is 0.287 e. The number of nitrogens with zero attached hydrogens (tertiary/aromatic N) is 4. The number of carbonyl (C=O) groups excluding carboxylic acids is 1. The molecule has 0 saturated carbocycles. The molecular formula is C16H16N4OS. The lowest BCUT2D eigenvalue weighted by Crippen LogP contribution is -2.26. The van der Waals surface area contributed by atoms with E-state index in [-0.39, 0.29) is 5.91 Å². The van der Waals surface area contributed by atoms with Crippen LogP contribution in [0.1, 0.15) is 21.6 Å². The second-order valence-electron chi connectivity index (χ2n) is 5.04. The minimum absolute atomic E-state index is 0.0556. The molecular weight excluding hydrogens is 296 g/mol. The Balaban J connectivity index is 1.73. The SMILES string of the molecule is Cc1csc(N(C)C(=O)c2ccc(Cn3cccn3)cc2)n1. The third-order valence-electron chi connectivity index (χ3n) is 3.30. The molecule has 2 aromatic heterocycles. The van der Waals surface area contributed by atoms with Crippen LogP contribution in [0.2, 0.25) is 0 Å². The second-order valence-corrected chi connectivity index (χ2v) is 5.87. The summed E-state index contributed by atoms with van der Waals surface area (Å²) >= 11 is 1.47. The fraction of sp³-hybridized carbons (Fsp3) is 0.188. The standard InChI is InChI=1S/C16H16N4OS/c1-12-11-22-16(18-12)19(2)15(21)14-6-4-13(5-7-14)10-20-9-3-8-17-20/h3-9,11H,10H2,1-2H3. The number of carbonyl (C=O) groups is 1. The van der Waals surface area contributed by atoms with Crippen LogP contribution in [-0.2, 0) is 6.54 Å². The molecule has 5 nitrogen and oxygen atoms in total. The molecule has 1 aromatic carbocycles. The Morgan fingerprint density at radius 2 is 2.09 bits per heavy atom. The van der Waals surface area contributed by atoms with Gasteiger partial charge in [0.25, 0.3) is 5.91 Å². The lowest BCUT2D eigenvalue weighted by atomic mass is 10.1. The molecule has 0 unspecified atom stereocenters. The first-order valence-corrected chi connectivity index (χ1v) is 7.78. The van der Waals surface area contributed by atoms with Crippen molar-refractivity contribution in [1.82, 2.24) is 14.8 Å². The van der Waals surface area contributed by atoms with Gasteiger partial charge in [-0.3, -0.25) is 14.4 Å². The molecule has 0 N–H and O–H groups in total. The van der Waals surface area contributed by atoms with Crippen LogP contribution in [0, 0.1) is 6.92 Å². The van der Waals surface area contributed by atoms with Gasteiger partial charge in [-0.2, -0.15) is 5.10 Å². The number of hydrogen-bond donors (Lipinski definition) is 0. The van der Waals surface area contributed by atoms with Gasteiger partial charge in [-0.15, -0.1) is 11.3 Å². The number of hydrogen-bond acceptors (Lipinski definition) is 4. The minimum atomic E-state index is -0.0556. The third-order valence-corrected chi connectivity index (χ3v) is 4.34. The van der Waals surface area contributed by atoms with Crippen molar-refractivity contribution in [3.8, 4) is 0 Å². The summed E-state index contributed by atoms with van der Waals surface area (Å²) in [6.07, 6.45) is 3.67. The van der Waals surface area contributed by atoms with Crippen molar-refractivity contribution in [2.45, 2.75) is 13.5 Å². The molecule has 0 aliphatic rings. The van der Waals surface area contributed by atoms with Crippen LogP contribution in [0.15, 0.2) is 48.1 Å². The Kier molecular flexibility index (Phi) is 4.02. The summed E-state index contributed by atoms with van der Waals surface area (Å²) in [5.41, 5.74) is 2.68. The van der Waals surface area contributed by atoms with Gasteiger partial charge >= 0.3 is 0 Å². The van der Waals surface area contributed by atoms with Crippen LogP contribution < -0.4 is 4.90 Å². The predicted molar refractivity (Wildman–Crippen MR) is 87.4 cm³/mol. The lowest BCUT2D eigenvalue weighted by Gasteiger charge is -2.14. The highest BCUT2D eigenvalue weighted by Crippen LogP contribution is 2.20. The van der Waals surface area contributed by atoms with Crippen molar-refractivity contribution in [2.24, 2.45) is 0 Å². The van der Waals surface area contributed by atoms with Gasteiger partial charge in [-0.05, 0) is 30.7 Å². The number of amides is 1. The molecule has 0 fully saturated rings. The first-order valence-electron chi connectivity index (χ1n) is 6.90. The number of anilines is 1. The quantitative estimate of drug-likeness (QED) is 0.744. The van der Waals surface area contributed by atoms with Crippen LogP contribution >= 0.6 is 11.3 Å². The van der Waals surface area contributed by atoms with E-state index >= 15 is 0 Å². The normalized spacial score (nSPS) is 10.6.